The maximum Gasteiger partial charge on any atom is 0.320 e. The third kappa shape index (κ3) is 3.46. The van der Waals surface area contributed by atoms with Crippen LogP contribution in [0.5, 0.6) is 0 Å². The van der Waals surface area contributed by atoms with Gasteiger partial charge in [-0.3, -0.25) is 9.69 Å². The van der Waals surface area contributed by atoms with Gasteiger partial charge in [0.1, 0.15) is 12.4 Å². The zero-order valence-electron chi connectivity index (χ0n) is 20.3. The van der Waals surface area contributed by atoms with Crippen molar-refractivity contribution in [1.29, 1.82) is 0 Å². The molecule has 4 heterocycles. The number of nitrogens with one attached hydrogen (secondary N) is 1. The van der Waals surface area contributed by atoms with E-state index in [9.17, 15) is 9.59 Å². The summed E-state index contributed by atoms with van der Waals surface area (Å²) >= 11 is 0. The van der Waals surface area contributed by atoms with Gasteiger partial charge in [-0.25, -0.2) is 14.5 Å². The number of benzene rings is 1. The third-order valence-corrected chi connectivity index (χ3v) is 8.88. The van der Waals surface area contributed by atoms with Gasteiger partial charge < -0.3 is 15.1 Å². The summed E-state index contributed by atoms with van der Waals surface area (Å²) < 4.78 is 2.06. The summed E-state index contributed by atoms with van der Waals surface area (Å²) in [6, 6.07) is 10.3. The van der Waals surface area contributed by atoms with Crippen molar-refractivity contribution in [3.63, 3.8) is 0 Å². The lowest BCUT2D eigenvalue weighted by Crippen LogP contribution is -2.76. The van der Waals surface area contributed by atoms with Crippen molar-refractivity contribution in [3.05, 3.63) is 48.0 Å². The van der Waals surface area contributed by atoms with Crippen LogP contribution in [-0.4, -0.2) is 87.7 Å². The summed E-state index contributed by atoms with van der Waals surface area (Å²) in [5, 5.41) is 7.51. The Morgan fingerprint density at radius 2 is 1.63 bits per heavy atom. The minimum Gasteiger partial charge on any atom is -0.358 e. The highest BCUT2D eigenvalue weighted by atomic mass is 16.2. The van der Waals surface area contributed by atoms with E-state index in [1.54, 1.807) is 7.05 Å². The highest BCUT2D eigenvalue weighted by molar-refractivity contribution is 5.83. The first-order chi connectivity index (χ1) is 17.0. The fraction of sp³-hybridized carbons (Fsp3) is 0.615. The minimum absolute atomic E-state index is 0.0256. The lowest BCUT2D eigenvalue weighted by Gasteiger charge is -2.64. The van der Waals surface area contributed by atoms with E-state index in [-0.39, 0.29) is 28.8 Å². The highest BCUT2D eigenvalue weighted by Gasteiger charge is 2.59. The lowest BCUT2D eigenvalue weighted by atomic mass is 9.60. The average molecular weight is 476 g/mol. The van der Waals surface area contributed by atoms with Gasteiger partial charge in [-0.2, -0.15) is 5.10 Å². The molecule has 2 spiro atoms. The van der Waals surface area contributed by atoms with Crippen molar-refractivity contribution in [3.8, 4) is 0 Å². The van der Waals surface area contributed by atoms with Gasteiger partial charge in [-0.05, 0) is 31.2 Å². The number of rotatable bonds is 5. The van der Waals surface area contributed by atoms with E-state index in [1.807, 2.05) is 46.5 Å². The quantitative estimate of drug-likeness (QED) is 0.715. The van der Waals surface area contributed by atoms with Gasteiger partial charge in [0.05, 0.1) is 6.04 Å². The van der Waals surface area contributed by atoms with Crippen LogP contribution in [0.1, 0.15) is 55.1 Å². The van der Waals surface area contributed by atoms with Gasteiger partial charge in [0.15, 0.2) is 5.82 Å². The van der Waals surface area contributed by atoms with Crippen molar-refractivity contribution >= 4 is 11.9 Å². The predicted octanol–water partition coefficient (Wildman–Crippen LogP) is 2.02. The molecule has 35 heavy (non-hydrogen) atoms. The first-order valence-electron chi connectivity index (χ1n) is 12.9. The van der Waals surface area contributed by atoms with Crippen LogP contribution >= 0.6 is 0 Å². The fourth-order valence-electron chi connectivity index (χ4n) is 6.87. The SMILES string of the molecule is CNC(=O)C(c1ccccc1)N1CC2(CN(C(=O)N3CC4(CC(n5cnc(C6CC6)n5)C4)C3)C2)C1. The van der Waals surface area contributed by atoms with Crippen LogP contribution in [0, 0.1) is 10.8 Å². The Balaban J connectivity index is 0.887. The molecule has 5 fully saturated rings. The number of amides is 3. The summed E-state index contributed by atoms with van der Waals surface area (Å²) in [5.41, 5.74) is 1.46. The van der Waals surface area contributed by atoms with Crippen LogP contribution in [0.25, 0.3) is 0 Å². The second kappa shape index (κ2) is 7.53. The van der Waals surface area contributed by atoms with Gasteiger partial charge in [0.2, 0.25) is 5.91 Å². The highest BCUT2D eigenvalue weighted by Crippen LogP contribution is 2.55. The molecule has 1 aromatic carbocycles. The van der Waals surface area contributed by atoms with E-state index < -0.39 is 0 Å². The topological polar surface area (TPSA) is 86.6 Å². The Labute approximate surface area is 205 Å². The van der Waals surface area contributed by atoms with Gasteiger partial charge >= 0.3 is 6.03 Å². The van der Waals surface area contributed by atoms with Gasteiger partial charge in [0, 0.05) is 63.1 Å². The van der Waals surface area contributed by atoms with Crippen LogP contribution in [0.4, 0.5) is 4.79 Å². The molecular weight excluding hydrogens is 442 g/mol. The molecule has 9 nitrogen and oxygen atoms in total. The Morgan fingerprint density at radius 3 is 2.26 bits per heavy atom. The standard InChI is InChI=1S/C26H33N7O2/c1-27-23(34)21(18-5-3-2-4-6-18)30-13-26(14-30)15-32(16-26)24(35)31-11-25(12-31)9-20(10-25)33-17-28-22(29-33)19-7-8-19/h2-6,17,19-21H,7-16H2,1H3,(H,27,34). The monoisotopic (exact) mass is 475 g/mol. The van der Waals surface area contributed by atoms with Crippen LogP contribution in [-0.2, 0) is 4.79 Å². The Hall–Kier alpha value is -2.94. The van der Waals surface area contributed by atoms with Crippen molar-refractivity contribution < 1.29 is 9.59 Å². The number of aromatic nitrogens is 3. The maximum atomic E-state index is 13.0. The smallest absolute Gasteiger partial charge is 0.320 e. The molecule has 9 heteroatoms. The number of carbonyl (C=O) groups excluding carboxylic acids is 2. The Morgan fingerprint density at radius 1 is 0.971 bits per heavy atom. The molecule has 1 N–H and O–H groups in total. The fourth-order valence-corrected chi connectivity index (χ4v) is 6.87. The van der Waals surface area contributed by atoms with Crippen molar-refractivity contribution in [1.82, 2.24) is 34.8 Å². The summed E-state index contributed by atoms with van der Waals surface area (Å²) in [5.74, 6) is 1.64. The predicted molar refractivity (Wildman–Crippen MR) is 128 cm³/mol. The number of likely N-dealkylation sites (tertiary alicyclic amines) is 3. The summed E-state index contributed by atoms with van der Waals surface area (Å²) in [6.07, 6.45) is 6.56. The van der Waals surface area contributed by atoms with Crippen LogP contribution in [0.2, 0.25) is 0 Å². The molecule has 1 aromatic heterocycles. The minimum atomic E-state index is -0.260. The van der Waals surface area contributed by atoms with Crippen molar-refractivity contribution in [2.75, 3.05) is 46.3 Å². The van der Waals surface area contributed by atoms with E-state index in [1.165, 1.54) is 12.8 Å². The molecule has 3 saturated heterocycles. The van der Waals surface area contributed by atoms with Crippen LogP contribution in [0.3, 0.4) is 0 Å². The molecular formula is C26H33N7O2. The molecule has 5 aliphatic rings. The molecule has 2 aromatic rings. The van der Waals surface area contributed by atoms with Crippen LogP contribution < -0.4 is 5.32 Å². The molecule has 7 rings (SSSR count). The van der Waals surface area contributed by atoms with E-state index in [0.717, 1.165) is 63.5 Å². The first kappa shape index (κ1) is 21.4. The van der Waals surface area contributed by atoms with E-state index in [0.29, 0.717) is 12.0 Å². The second-order valence-corrected chi connectivity index (χ2v) is 11.7. The Bertz CT molecular complexity index is 1130. The number of hydrogen-bond donors (Lipinski definition) is 1. The molecule has 1 unspecified atom stereocenters. The summed E-state index contributed by atoms with van der Waals surface area (Å²) in [4.78, 5) is 36.4. The normalized spacial score (nSPS) is 25.4. The summed E-state index contributed by atoms with van der Waals surface area (Å²) in [7, 11) is 1.69. The largest absolute Gasteiger partial charge is 0.358 e. The van der Waals surface area contributed by atoms with Crippen LogP contribution in [0.15, 0.2) is 36.7 Å². The first-order valence-corrected chi connectivity index (χ1v) is 12.9. The van der Waals surface area contributed by atoms with E-state index >= 15 is 0 Å². The molecule has 2 aliphatic carbocycles. The molecule has 0 bridgehead atoms. The lowest BCUT2D eigenvalue weighted by molar-refractivity contribution is -0.147. The zero-order valence-corrected chi connectivity index (χ0v) is 20.3. The number of likely N-dealkylation sites (N-methyl/N-ethyl adjacent to an activating group) is 1. The summed E-state index contributed by atoms with van der Waals surface area (Å²) in [6.45, 7) is 5.05. The van der Waals surface area contributed by atoms with E-state index in [2.05, 4.69) is 19.9 Å². The second-order valence-electron chi connectivity index (χ2n) is 11.7. The maximum absolute atomic E-state index is 13.0. The third-order valence-electron chi connectivity index (χ3n) is 8.88. The number of urea groups is 1. The molecule has 2 saturated carbocycles. The molecule has 3 aliphatic heterocycles. The molecule has 3 amide bonds. The molecule has 0 radical (unpaired) electrons. The number of hydrogen-bond acceptors (Lipinski definition) is 5. The zero-order chi connectivity index (χ0) is 23.8. The van der Waals surface area contributed by atoms with Crippen molar-refractivity contribution in [2.45, 2.75) is 43.7 Å². The number of carbonyl (C=O) groups is 2. The molecule has 1 atom stereocenters. The van der Waals surface area contributed by atoms with Gasteiger partial charge in [0.25, 0.3) is 0 Å². The van der Waals surface area contributed by atoms with Gasteiger partial charge in [-0.15, -0.1) is 0 Å². The number of nitrogens with zero attached hydrogens (tertiary/aromatic N) is 6. The van der Waals surface area contributed by atoms with Crippen molar-refractivity contribution in [2.24, 2.45) is 10.8 Å². The Kier molecular flexibility index (Phi) is 4.59. The van der Waals surface area contributed by atoms with E-state index in [4.69, 9.17) is 5.10 Å². The average Bonchev–Trinajstić information content (AvgIpc) is 3.50. The van der Waals surface area contributed by atoms with Gasteiger partial charge in [-0.1, -0.05) is 30.3 Å². The molecule has 184 valence electrons.